The Balaban J connectivity index is 2.03. The van der Waals surface area contributed by atoms with Gasteiger partial charge in [0.2, 0.25) is 0 Å². The van der Waals surface area contributed by atoms with Crippen LogP contribution in [0.3, 0.4) is 0 Å². The lowest BCUT2D eigenvalue weighted by Gasteiger charge is -2.09. The SMILES string of the molecule is CC(C)n1ncc2c(-c3cnn(C)c3)nc(-c3ccccc3)nc21. The summed E-state index contributed by atoms with van der Waals surface area (Å²) in [7, 11) is 1.90. The molecule has 4 aromatic rings. The third-order valence-electron chi connectivity index (χ3n) is 3.95. The molecule has 3 aromatic heterocycles. The summed E-state index contributed by atoms with van der Waals surface area (Å²) in [6.45, 7) is 4.20. The Hall–Kier alpha value is -3.02. The second-order valence-corrected chi connectivity index (χ2v) is 6.08. The first-order chi connectivity index (χ1) is 11.6. The Kier molecular flexibility index (Phi) is 3.37. The van der Waals surface area contributed by atoms with Crippen LogP contribution < -0.4 is 0 Å². The fourth-order valence-corrected chi connectivity index (χ4v) is 2.78. The van der Waals surface area contributed by atoms with E-state index in [0.717, 1.165) is 27.9 Å². The Morgan fingerprint density at radius 2 is 1.71 bits per heavy atom. The third kappa shape index (κ3) is 2.36. The van der Waals surface area contributed by atoms with Crippen molar-refractivity contribution >= 4 is 11.0 Å². The maximum absolute atomic E-state index is 4.81. The van der Waals surface area contributed by atoms with Crippen molar-refractivity contribution in [3.8, 4) is 22.6 Å². The van der Waals surface area contributed by atoms with Gasteiger partial charge in [-0.3, -0.25) is 4.68 Å². The molecule has 3 heterocycles. The van der Waals surface area contributed by atoms with Crippen LogP contribution >= 0.6 is 0 Å². The molecule has 120 valence electrons. The van der Waals surface area contributed by atoms with Crippen LogP contribution in [0.5, 0.6) is 0 Å². The van der Waals surface area contributed by atoms with E-state index in [2.05, 4.69) is 24.0 Å². The minimum absolute atomic E-state index is 0.225. The average Bonchev–Trinajstić information content (AvgIpc) is 3.21. The van der Waals surface area contributed by atoms with Crippen LogP contribution in [0.2, 0.25) is 0 Å². The van der Waals surface area contributed by atoms with Gasteiger partial charge in [0.1, 0.15) is 0 Å². The second kappa shape index (κ2) is 5.56. The van der Waals surface area contributed by atoms with Gasteiger partial charge in [-0.15, -0.1) is 0 Å². The molecule has 0 radical (unpaired) electrons. The van der Waals surface area contributed by atoms with Crippen LogP contribution in [-0.4, -0.2) is 29.5 Å². The fraction of sp³-hybridized carbons (Fsp3) is 0.222. The van der Waals surface area contributed by atoms with E-state index in [1.165, 1.54) is 0 Å². The molecular formula is C18H18N6. The van der Waals surface area contributed by atoms with Gasteiger partial charge in [-0.2, -0.15) is 10.2 Å². The Labute approximate surface area is 139 Å². The van der Waals surface area contributed by atoms with Crippen LogP contribution in [0.1, 0.15) is 19.9 Å². The van der Waals surface area contributed by atoms with Crippen molar-refractivity contribution in [1.29, 1.82) is 0 Å². The minimum Gasteiger partial charge on any atom is -0.275 e. The van der Waals surface area contributed by atoms with Gasteiger partial charge in [-0.25, -0.2) is 14.6 Å². The first-order valence-electron chi connectivity index (χ1n) is 7.93. The number of fused-ring (bicyclic) bond motifs is 1. The minimum atomic E-state index is 0.225. The molecule has 0 aliphatic heterocycles. The van der Waals surface area contributed by atoms with E-state index in [4.69, 9.17) is 9.97 Å². The molecule has 0 bridgehead atoms. The Bertz CT molecular complexity index is 997. The van der Waals surface area contributed by atoms with Gasteiger partial charge in [0, 0.05) is 30.4 Å². The van der Waals surface area contributed by atoms with Gasteiger partial charge in [0.05, 0.1) is 23.5 Å². The van der Waals surface area contributed by atoms with Crippen LogP contribution in [0, 0.1) is 0 Å². The number of hydrogen-bond acceptors (Lipinski definition) is 4. The standard InChI is InChI=1S/C18H18N6/c1-12(2)24-18-15(10-20-24)16(14-9-19-23(3)11-14)21-17(22-18)13-7-5-4-6-8-13/h4-12H,1-3H3. The normalized spacial score (nSPS) is 11.5. The van der Waals surface area contributed by atoms with Gasteiger partial charge in [0.15, 0.2) is 11.5 Å². The van der Waals surface area contributed by atoms with E-state index in [-0.39, 0.29) is 6.04 Å². The molecule has 0 N–H and O–H groups in total. The van der Waals surface area contributed by atoms with Crippen molar-refractivity contribution in [3.63, 3.8) is 0 Å². The van der Waals surface area contributed by atoms with Crippen molar-refractivity contribution in [2.45, 2.75) is 19.9 Å². The van der Waals surface area contributed by atoms with E-state index in [0.29, 0.717) is 5.82 Å². The molecule has 1 aromatic carbocycles. The second-order valence-electron chi connectivity index (χ2n) is 6.08. The summed E-state index contributed by atoms with van der Waals surface area (Å²) in [6, 6.07) is 10.2. The Morgan fingerprint density at radius 3 is 2.38 bits per heavy atom. The van der Waals surface area contributed by atoms with Gasteiger partial charge < -0.3 is 0 Å². The highest BCUT2D eigenvalue weighted by atomic mass is 15.3. The molecule has 0 unspecified atom stereocenters. The highest BCUT2D eigenvalue weighted by molar-refractivity contribution is 5.91. The van der Waals surface area contributed by atoms with Gasteiger partial charge in [-0.1, -0.05) is 30.3 Å². The van der Waals surface area contributed by atoms with Crippen LogP contribution in [0.15, 0.2) is 48.9 Å². The number of hydrogen-bond donors (Lipinski definition) is 0. The smallest absolute Gasteiger partial charge is 0.162 e. The number of rotatable bonds is 3. The summed E-state index contributed by atoms with van der Waals surface area (Å²) >= 11 is 0. The lowest BCUT2D eigenvalue weighted by atomic mass is 10.1. The zero-order valence-corrected chi connectivity index (χ0v) is 13.9. The molecule has 6 heteroatoms. The molecule has 0 aliphatic rings. The summed E-state index contributed by atoms with van der Waals surface area (Å²) < 4.78 is 3.71. The molecule has 0 aliphatic carbocycles. The molecule has 0 spiro atoms. The maximum Gasteiger partial charge on any atom is 0.162 e. The quantitative estimate of drug-likeness (QED) is 0.580. The number of nitrogens with zero attached hydrogens (tertiary/aromatic N) is 6. The van der Waals surface area contributed by atoms with E-state index in [9.17, 15) is 0 Å². The molecule has 0 saturated heterocycles. The van der Waals surface area contributed by atoms with Crippen molar-refractivity contribution in [1.82, 2.24) is 29.5 Å². The van der Waals surface area contributed by atoms with E-state index >= 15 is 0 Å². The number of aryl methyl sites for hydroxylation is 1. The first kappa shape index (κ1) is 14.6. The zero-order chi connectivity index (χ0) is 16.7. The molecule has 0 saturated carbocycles. The van der Waals surface area contributed by atoms with Gasteiger partial charge >= 0.3 is 0 Å². The van der Waals surface area contributed by atoms with Crippen LogP contribution in [-0.2, 0) is 7.05 Å². The van der Waals surface area contributed by atoms with Crippen molar-refractivity contribution in [2.75, 3.05) is 0 Å². The highest BCUT2D eigenvalue weighted by Gasteiger charge is 2.17. The highest BCUT2D eigenvalue weighted by Crippen LogP contribution is 2.29. The van der Waals surface area contributed by atoms with Gasteiger partial charge in [-0.05, 0) is 13.8 Å². The first-order valence-corrected chi connectivity index (χ1v) is 7.93. The van der Waals surface area contributed by atoms with Crippen LogP contribution in [0.25, 0.3) is 33.7 Å². The number of benzene rings is 1. The monoisotopic (exact) mass is 318 g/mol. The van der Waals surface area contributed by atoms with Crippen molar-refractivity contribution in [2.24, 2.45) is 7.05 Å². The Morgan fingerprint density at radius 1 is 0.917 bits per heavy atom. The van der Waals surface area contributed by atoms with E-state index in [1.54, 1.807) is 4.68 Å². The molecular weight excluding hydrogens is 300 g/mol. The zero-order valence-electron chi connectivity index (χ0n) is 13.9. The van der Waals surface area contributed by atoms with E-state index < -0.39 is 0 Å². The average molecular weight is 318 g/mol. The summed E-state index contributed by atoms with van der Waals surface area (Å²) in [6.07, 6.45) is 5.62. The third-order valence-corrected chi connectivity index (χ3v) is 3.95. The largest absolute Gasteiger partial charge is 0.275 e. The summed E-state index contributed by atoms with van der Waals surface area (Å²) in [5.74, 6) is 0.698. The molecule has 24 heavy (non-hydrogen) atoms. The van der Waals surface area contributed by atoms with Crippen molar-refractivity contribution in [3.05, 3.63) is 48.9 Å². The lowest BCUT2D eigenvalue weighted by molar-refractivity contribution is 0.546. The fourth-order valence-electron chi connectivity index (χ4n) is 2.78. The lowest BCUT2D eigenvalue weighted by Crippen LogP contribution is -2.04. The molecule has 0 fully saturated rings. The maximum atomic E-state index is 4.81. The topological polar surface area (TPSA) is 61.4 Å². The predicted octanol–water partition coefficient (Wildman–Crippen LogP) is 3.47. The van der Waals surface area contributed by atoms with E-state index in [1.807, 2.05) is 60.7 Å². The summed E-state index contributed by atoms with van der Waals surface area (Å²) in [4.78, 5) is 9.59. The predicted molar refractivity (Wildman–Crippen MR) is 93.3 cm³/mol. The van der Waals surface area contributed by atoms with Crippen LogP contribution in [0.4, 0.5) is 0 Å². The van der Waals surface area contributed by atoms with Crippen molar-refractivity contribution < 1.29 is 0 Å². The molecule has 0 atom stereocenters. The summed E-state index contributed by atoms with van der Waals surface area (Å²) in [5, 5.41) is 9.72. The summed E-state index contributed by atoms with van der Waals surface area (Å²) in [5.41, 5.74) is 3.66. The van der Waals surface area contributed by atoms with Gasteiger partial charge in [0.25, 0.3) is 0 Å². The number of aromatic nitrogens is 6. The molecule has 4 rings (SSSR count). The molecule has 0 amide bonds. The molecule has 6 nitrogen and oxygen atoms in total.